The number of hydrogen-bond acceptors (Lipinski definition) is 7. The van der Waals surface area contributed by atoms with E-state index < -0.39 is 12.0 Å². The highest BCUT2D eigenvalue weighted by molar-refractivity contribution is 7.99. The number of rotatable bonds is 6. The molecule has 4 rings (SSSR count). The summed E-state index contributed by atoms with van der Waals surface area (Å²) in [6, 6.07) is 13.1. The average molecular weight is 402 g/mol. The smallest absolute Gasteiger partial charge is 0.321 e. The Bertz CT molecular complexity index is 942. The quantitative estimate of drug-likeness (QED) is 0.600. The molecule has 0 amide bonds. The number of aliphatic carboxylic acids is 1. The fourth-order valence-corrected chi connectivity index (χ4v) is 4.97. The van der Waals surface area contributed by atoms with Crippen molar-refractivity contribution in [2.24, 2.45) is 0 Å². The molecule has 1 fully saturated rings. The van der Waals surface area contributed by atoms with E-state index in [0.29, 0.717) is 16.7 Å². The number of oxazole rings is 1. The summed E-state index contributed by atoms with van der Waals surface area (Å²) >= 11 is 3.11. The molecular weight excluding hydrogens is 384 g/mol. The molecule has 6 nitrogen and oxygen atoms in total. The van der Waals surface area contributed by atoms with Gasteiger partial charge in [-0.05, 0) is 29.8 Å². The highest BCUT2D eigenvalue weighted by atomic mass is 32.2. The number of methoxy groups -OCH3 is 1. The third kappa shape index (κ3) is 3.92. The van der Waals surface area contributed by atoms with Gasteiger partial charge in [-0.15, -0.1) is 11.8 Å². The van der Waals surface area contributed by atoms with Crippen LogP contribution in [0.5, 0.6) is 5.75 Å². The molecule has 2 atom stereocenters. The van der Waals surface area contributed by atoms with Crippen LogP contribution < -0.4 is 10.1 Å². The van der Waals surface area contributed by atoms with E-state index in [1.807, 2.05) is 36.4 Å². The Labute approximate surface area is 164 Å². The Morgan fingerprint density at radius 3 is 3.00 bits per heavy atom. The number of fused-ring (bicyclic) bond motifs is 1. The zero-order valence-electron chi connectivity index (χ0n) is 14.5. The first-order valence-electron chi connectivity index (χ1n) is 8.39. The summed E-state index contributed by atoms with van der Waals surface area (Å²) in [5.74, 6) is 1.17. The zero-order chi connectivity index (χ0) is 18.8. The average Bonchev–Trinajstić information content (AvgIpc) is 3.33. The van der Waals surface area contributed by atoms with Crippen molar-refractivity contribution in [1.29, 1.82) is 0 Å². The van der Waals surface area contributed by atoms with Crippen LogP contribution >= 0.6 is 23.5 Å². The van der Waals surface area contributed by atoms with Gasteiger partial charge < -0.3 is 14.3 Å². The fraction of sp³-hybridized carbons (Fsp3) is 0.263. The Morgan fingerprint density at radius 2 is 2.26 bits per heavy atom. The Hall–Kier alpha value is -2.16. The number of para-hydroxylation sites is 2. The van der Waals surface area contributed by atoms with Crippen LogP contribution in [0.25, 0.3) is 11.1 Å². The molecule has 0 bridgehead atoms. The van der Waals surface area contributed by atoms with Crippen LogP contribution in [0.15, 0.2) is 52.1 Å². The van der Waals surface area contributed by atoms with Gasteiger partial charge in [-0.3, -0.25) is 10.1 Å². The topological polar surface area (TPSA) is 84.6 Å². The summed E-state index contributed by atoms with van der Waals surface area (Å²) in [6.45, 7) is 0. The lowest BCUT2D eigenvalue weighted by Crippen LogP contribution is -2.33. The minimum absolute atomic E-state index is 0.0370. The second-order valence-corrected chi connectivity index (χ2v) is 8.14. The number of carboxylic acid groups (broad SMARTS) is 1. The Balaban J connectivity index is 1.51. The van der Waals surface area contributed by atoms with Gasteiger partial charge in [-0.25, -0.2) is 4.98 Å². The number of ether oxygens (including phenoxy) is 1. The van der Waals surface area contributed by atoms with E-state index in [-0.39, 0.29) is 5.37 Å². The van der Waals surface area contributed by atoms with Crippen LogP contribution in [0.3, 0.4) is 0 Å². The molecule has 3 aromatic rings. The summed E-state index contributed by atoms with van der Waals surface area (Å²) in [7, 11) is 1.64. The van der Waals surface area contributed by atoms with Gasteiger partial charge in [0.1, 0.15) is 17.3 Å². The molecule has 27 heavy (non-hydrogen) atoms. The molecule has 0 aliphatic carbocycles. The van der Waals surface area contributed by atoms with Crippen molar-refractivity contribution in [2.75, 3.05) is 12.9 Å². The van der Waals surface area contributed by atoms with Crippen LogP contribution in [0, 0.1) is 0 Å². The van der Waals surface area contributed by atoms with E-state index in [1.54, 1.807) is 18.9 Å². The molecule has 1 aliphatic heterocycles. The number of nitrogens with one attached hydrogen (secondary N) is 1. The van der Waals surface area contributed by atoms with E-state index in [1.165, 1.54) is 11.8 Å². The predicted octanol–water partition coefficient (Wildman–Crippen LogP) is 3.92. The number of carboxylic acids is 1. The van der Waals surface area contributed by atoms with Gasteiger partial charge in [-0.1, -0.05) is 30.0 Å². The van der Waals surface area contributed by atoms with E-state index >= 15 is 0 Å². The zero-order valence-corrected chi connectivity index (χ0v) is 16.2. The second-order valence-electron chi connectivity index (χ2n) is 6.08. The molecule has 2 N–H and O–H groups in total. The molecule has 8 heteroatoms. The predicted molar refractivity (Wildman–Crippen MR) is 106 cm³/mol. The number of hydrogen-bond donors (Lipinski definition) is 2. The molecule has 1 aromatic heterocycles. The first kappa shape index (κ1) is 18.2. The van der Waals surface area contributed by atoms with Gasteiger partial charge >= 0.3 is 5.97 Å². The number of carbonyl (C=O) groups is 1. The standard InChI is InChI=1S/C19H18N2O4S2/c1-24-15-7-6-11(17-20-14(10-26-17)18(22)23)8-12(15)9-27-19-21-13-4-2-3-5-16(13)25-19/h2-8,14,17,20H,9-10H2,1H3,(H,22,23)/t14-,17-/m0/s1. The number of benzene rings is 2. The maximum Gasteiger partial charge on any atom is 0.321 e. The maximum atomic E-state index is 11.2. The van der Waals surface area contributed by atoms with E-state index in [9.17, 15) is 4.79 Å². The van der Waals surface area contributed by atoms with Crippen molar-refractivity contribution in [1.82, 2.24) is 10.3 Å². The lowest BCUT2D eigenvalue weighted by atomic mass is 10.1. The molecule has 0 spiro atoms. The third-order valence-electron chi connectivity index (χ3n) is 4.31. The molecule has 1 aliphatic rings. The van der Waals surface area contributed by atoms with Gasteiger partial charge in [0.2, 0.25) is 0 Å². The molecule has 0 saturated carbocycles. The van der Waals surface area contributed by atoms with Crippen LogP contribution in [-0.2, 0) is 10.5 Å². The Kier molecular flexibility index (Phi) is 5.29. The third-order valence-corrected chi connectivity index (χ3v) is 6.46. The van der Waals surface area contributed by atoms with Gasteiger partial charge in [0, 0.05) is 17.1 Å². The van der Waals surface area contributed by atoms with Crippen LogP contribution in [0.2, 0.25) is 0 Å². The van der Waals surface area contributed by atoms with Crippen molar-refractivity contribution in [2.45, 2.75) is 22.4 Å². The summed E-state index contributed by atoms with van der Waals surface area (Å²) in [5.41, 5.74) is 3.67. The van der Waals surface area contributed by atoms with Gasteiger partial charge in [0.05, 0.1) is 12.5 Å². The lowest BCUT2D eigenvalue weighted by Gasteiger charge is -2.15. The molecular formula is C19H18N2O4S2. The van der Waals surface area contributed by atoms with Crippen molar-refractivity contribution >= 4 is 40.6 Å². The minimum atomic E-state index is -0.815. The molecule has 2 heterocycles. The van der Waals surface area contributed by atoms with Crippen molar-refractivity contribution in [3.63, 3.8) is 0 Å². The van der Waals surface area contributed by atoms with Crippen LogP contribution in [0.4, 0.5) is 0 Å². The number of nitrogens with zero attached hydrogens (tertiary/aromatic N) is 1. The van der Waals surface area contributed by atoms with Gasteiger partial charge in [-0.2, -0.15) is 0 Å². The van der Waals surface area contributed by atoms with Crippen molar-refractivity contribution in [3.05, 3.63) is 53.6 Å². The monoisotopic (exact) mass is 402 g/mol. The van der Waals surface area contributed by atoms with Gasteiger partial charge in [0.15, 0.2) is 5.58 Å². The SMILES string of the molecule is COc1ccc([C@H]2N[C@H](C(=O)O)CS2)cc1CSc1nc2ccccc2o1. The highest BCUT2D eigenvalue weighted by Crippen LogP contribution is 2.36. The van der Waals surface area contributed by atoms with E-state index in [4.69, 9.17) is 14.3 Å². The molecule has 140 valence electrons. The van der Waals surface area contributed by atoms with Gasteiger partial charge in [0.25, 0.3) is 5.22 Å². The van der Waals surface area contributed by atoms with Crippen LogP contribution in [0.1, 0.15) is 16.5 Å². The molecule has 0 unspecified atom stereocenters. The van der Waals surface area contributed by atoms with E-state index in [0.717, 1.165) is 28.0 Å². The first-order valence-corrected chi connectivity index (χ1v) is 10.4. The highest BCUT2D eigenvalue weighted by Gasteiger charge is 2.30. The Morgan fingerprint density at radius 1 is 1.41 bits per heavy atom. The summed E-state index contributed by atoms with van der Waals surface area (Å²) in [6.07, 6.45) is 0. The van der Waals surface area contributed by atoms with E-state index in [2.05, 4.69) is 16.4 Å². The normalized spacial score (nSPS) is 19.4. The molecule has 2 aromatic carbocycles. The minimum Gasteiger partial charge on any atom is -0.496 e. The van der Waals surface area contributed by atoms with Crippen LogP contribution in [-0.4, -0.2) is 35.0 Å². The fourth-order valence-electron chi connectivity index (χ4n) is 2.93. The summed E-state index contributed by atoms with van der Waals surface area (Å²) in [4.78, 5) is 15.6. The van der Waals surface area contributed by atoms with Crippen molar-refractivity contribution < 1.29 is 19.1 Å². The lowest BCUT2D eigenvalue weighted by molar-refractivity contribution is -0.138. The summed E-state index contributed by atoms with van der Waals surface area (Å²) < 4.78 is 11.2. The second kappa shape index (κ2) is 7.84. The number of aromatic nitrogens is 1. The first-order chi connectivity index (χ1) is 13.1. The molecule has 1 saturated heterocycles. The number of thioether (sulfide) groups is 2. The molecule has 0 radical (unpaired) electrons. The summed E-state index contributed by atoms with van der Waals surface area (Å²) in [5, 5.41) is 12.9. The van der Waals surface area contributed by atoms with Crippen molar-refractivity contribution in [3.8, 4) is 5.75 Å². The largest absolute Gasteiger partial charge is 0.496 e. The maximum absolute atomic E-state index is 11.2.